The maximum Gasteiger partial charge on any atom is 0.322 e. The van der Waals surface area contributed by atoms with Crippen molar-refractivity contribution in [2.24, 2.45) is 20.5 Å². The molecular weight excluding hydrogens is 642 g/mol. The minimum atomic E-state index is -1.38. The largest absolute Gasteiger partial charge is 0.322 e. The fraction of sp³-hybridized carbons (Fsp3) is 0. The van der Waals surface area contributed by atoms with Gasteiger partial charge in [0.2, 0.25) is 11.4 Å². The summed E-state index contributed by atoms with van der Waals surface area (Å²) in [5.41, 5.74) is -13.1. The lowest BCUT2D eigenvalue weighted by Crippen LogP contribution is -1.98. The number of aromatic nitrogens is 1. The Balaban J connectivity index is 2.34. The summed E-state index contributed by atoms with van der Waals surface area (Å²) in [6.45, 7) is 0. The molecule has 0 aliphatic heterocycles. The van der Waals surface area contributed by atoms with Gasteiger partial charge >= 0.3 is 34.1 Å². The molecule has 46 heavy (non-hydrogen) atoms. The van der Waals surface area contributed by atoms with Crippen molar-refractivity contribution in [3.63, 3.8) is 0 Å². The second kappa shape index (κ2) is 12.5. The van der Waals surface area contributed by atoms with Gasteiger partial charge in [0.15, 0.2) is 0 Å². The Hall–Kier alpha value is -8.01. The molecule has 2 aromatic carbocycles. The molecule has 0 unspecified atom stereocenters. The molecule has 0 aliphatic carbocycles. The molecule has 1 aromatic heterocycles. The number of nitro benzene ring substituents is 6. The summed E-state index contributed by atoms with van der Waals surface area (Å²) in [6, 6.07) is 1.07. The molecule has 0 radical (unpaired) electrons. The van der Waals surface area contributed by atoms with E-state index in [9.17, 15) is 80.9 Å². The third-order valence-electron chi connectivity index (χ3n) is 5.14. The van der Waals surface area contributed by atoms with E-state index in [0.717, 1.165) is 0 Å². The van der Waals surface area contributed by atoms with Crippen molar-refractivity contribution in [3.05, 3.63) is 111 Å². The maximum atomic E-state index is 11.6. The van der Waals surface area contributed by atoms with Gasteiger partial charge in [0.25, 0.3) is 23.0 Å². The average Bonchev–Trinajstić information content (AvgIpc) is 2.97. The second-order valence-electron chi connectivity index (χ2n) is 7.80. The summed E-state index contributed by atoms with van der Waals surface area (Å²) in [6.07, 6.45) is 0. The van der Waals surface area contributed by atoms with Gasteiger partial charge in [-0.15, -0.1) is 20.5 Å². The summed E-state index contributed by atoms with van der Waals surface area (Å²) in [7, 11) is 0. The number of nitro groups is 8. The molecule has 0 amide bonds. The Kier molecular flexibility index (Phi) is 8.81. The Morgan fingerprint density at radius 1 is 0.370 bits per heavy atom. The molecule has 234 valence electrons. The number of nitrogens with zero attached hydrogens (tertiary/aromatic N) is 13. The van der Waals surface area contributed by atoms with Gasteiger partial charge in [-0.25, -0.2) is 0 Å². The summed E-state index contributed by atoms with van der Waals surface area (Å²) >= 11 is 0. The molecule has 0 saturated heterocycles. The average molecular weight is 647 g/mol. The highest BCUT2D eigenvalue weighted by molar-refractivity contribution is 5.75. The van der Waals surface area contributed by atoms with Gasteiger partial charge in [0.1, 0.15) is 6.07 Å². The second-order valence-corrected chi connectivity index (χ2v) is 7.80. The van der Waals surface area contributed by atoms with E-state index in [-0.39, 0.29) is 30.3 Å². The van der Waals surface area contributed by atoms with Crippen molar-refractivity contribution in [2.75, 3.05) is 0 Å². The van der Waals surface area contributed by atoms with Crippen LogP contribution in [0, 0.1) is 80.9 Å². The molecule has 0 spiro atoms. The first-order valence-corrected chi connectivity index (χ1v) is 10.8. The van der Waals surface area contributed by atoms with E-state index >= 15 is 0 Å². The van der Waals surface area contributed by atoms with Crippen molar-refractivity contribution in [3.8, 4) is 0 Å². The standard InChI is InChI=1S/C17H5N13O16/c31-23(32)6-1-8(25(35)36)14(9(2-6)26(37)38)19-21-16-12(29(43)44)5-13(30(45)46)17(18-16)22-20-15-10(27(39)40)3-7(24(33)34)4-11(15)28(41)42/h1-5H/b21-19+,22-20+. The molecule has 1 heterocycles. The number of rotatable bonds is 12. The zero-order valence-electron chi connectivity index (χ0n) is 21.2. The summed E-state index contributed by atoms with van der Waals surface area (Å²) in [4.78, 5) is 83.9. The Labute approximate surface area is 245 Å². The Morgan fingerprint density at radius 2 is 0.630 bits per heavy atom. The topological polar surface area (TPSA) is 407 Å². The number of benzene rings is 2. The molecular formula is C17H5N13O16. The van der Waals surface area contributed by atoms with Gasteiger partial charge < -0.3 is 0 Å². The number of hydrogen-bond donors (Lipinski definition) is 0. The lowest BCUT2D eigenvalue weighted by molar-refractivity contribution is -0.402. The van der Waals surface area contributed by atoms with Crippen LogP contribution in [0.5, 0.6) is 0 Å². The molecule has 0 bridgehead atoms. The summed E-state index contributed by atoms with van der Waals surface area (Å²) in [5, 5.41) is 104. The minimum absolute atomic E-state index is 0.118. The van der Waals surface area contributed by atoms with E-state index in [1.807, 2.05) is 0 Å². The van der Waals surface area contributed by atoms with Crippen LogP contribution in [0.4, 0.5) is 68.5 Å². The highest BCUT2D eigenvalue weighted by Crippen LogP contribution is 2.44. The maximum absolute atomic E-state index is 11.6. The molecule has 0 N–H and O–H groups in total. The van der Waals surface area contributed by atoms with Gasteiger partial charge in [-0.05, 0) is 0 Å². The van der Waals surface area contributed by atoms with Gasteiger partial charge in [-0.1, -0.05) is 0 Å². The van der Waals surface area contributed by atoms with Gasteiger partial charge in [0.05, 0.1) is 63.7 Å². The fourth-order valence-corrected chi connectivity index (χ4v) is 3.24. The van der Waals surface area contributed by atoms with Crippen LogP contribution in [0.1, 0.15) is 0 Å². The van der Waals surface area contributed by atoms with Crippen LogP contribution in [0.25, 0.3) is 0 Å². The van der Waals surface area contributed by atoms with Crippen molar-refractivity contribution in [2.45, 2.75) is 0 Å². The highest BCUT2D eigenvalue weighted by Gasteiger charge is 2.34. The predicted molar refractivity (Wildman–Crippen MR) is 139 cm³/mol. The lowest BCUT2D eigenvalue weighted by atomic mass is 10.2. The number of non-ortho nitro benzene ring substituents is 2. The van der Waals surface area contributed by atoms with E-state index in [4.69, 9.17) is 0 Å². The normalized spacial score (nSPS) is 11.0. The molecule has 3 rings (SSSR count). The third kappa shape index (κ3) is 6.55. The minimum Gasteiger partial charge on any atom is -0.258 e. The van der Waals surface area contributed by atoms with Gasteiger partial charge in [0, 0.05) is 0 Å². The SMILES string of the molecule is O=[N+]([O-])c1cc([N+](=O)[O-])c(/N=N/c2nc(/N=N/c3c([N+](=O)[O-])cc([N+](=O)[O-])cc3[N+](=O)[O-])c([N+](=O)[O-])cc2[N+](=O)[O-])c([N+](=O)[O-])c1. The van der Waals surface area contributed by atoms with Crippen LogP contribution in [0.2, 0.25) is 0 Å². The molecule has 0 atom stereocenters. The van der Waals surface area contributed by atoms with Crippen LogP contribution in [0.3, 0.4) is 0 Å². The Bertz CT molecular complexity index is 1780. The predicted octanol–water partition coefficient (Wildman–Crippen LogP) is 5.18. The zero-order valence-corrected chi connectivity index (χ0v) is 21.2. The van der Waals surface area contributed by atoms with Crippen molar-refractivity contribution in [1.82, 2.24) is 4.98 Å². The van der Waals surface area contributed by atoms with Crippen LogP contribution in [-0.2, 0) is 0 Å². The molecule has 0 fully saturated rings. The first kappa shape index (κ1) is 32.5. The number of hydrogen-bond acceptors (Lipinski definition) is 21. The van der Waals surface area contributed by atoms with E-state index in [1.165, 1.54) is 0 Å². The summed E-state index contributed by atoms with van der Waals surface area (Å²) in [5.74, 6) is -2.64. The molecule has 3 aromatic rings. The first-order chi connectivity index (χ1) is 21.4. The van der Waals surface area contributed by atoms with Crippen LogP contribution < -0.4 is 0 Å². The Morgan fingerprint density at radius 3 is 0.848 bits per heavy atom. The zero-order chi connectivity index (χ0) is 34.6. The van der Waals surface area contributed by atoms with Crippen molar-refractivity contribution < 1.29 is 39.4 Å². The monoisotopic (exact) mass is 647 g/mol. The quantitative estimate of drug-likeness (QED) is 0.139. The van der Waals surface area contributed by atoms with Crippen molar-refractivity contribution >= 4 is 68.5 Å². The van der Waals surface area contributed by atoms with E-state index in [1.54, 1.807) is 0 Å². The summed E-state index contributed by atoms with van der Waals surface area (Å²) < 4.78 is 0. The fourth-order valence-electron chi connectivity index (χ4n) is 3.24. The molecule has 0 saturated carbocycles. The molecule has 29 heteroatoms. The van der Waals surface area contributed by atoms with Crippen LogP contribution in [0.15, 0.2) is 50.8 Å². The smallest absolute Gasteiger partial charge is 0.258 e. The van der Waals surface area contributed by atoms with Crippen LogP contribution >= 0.6 is 0 Å². The molecule has 0 aliphatic rings. The third-order valence-corrected chi connectivity index (χ3v) is 5.14. The number of pyridine rings is 1. The highest BCUT2D eigenvalue weighted by atomic mass is 16.7. The first-order valence-electron chi connectivity index (χ1n) is 10.8. The molecule has 29 nitrogen and oxygen atoms in total. The van der Waals surface area contributed by atoms with Crippen LogP contribution in [-0.4, -0.2) is 44.4 Å². The van der Waals surface area contributed by atoms with E-state index in [0.29, 0.717) is 0 Å². The lowest BCUT2D eigenvalue weighted by Gasteiger charge is -2.02. The van der Waals surface area contributed by atoms with Gasteiger partial charge in [-0.2, -0.15) is 4.98 Å². The number of azo groups is 2. The van der Waals surface area contributed by atoms with Gasteiger partial charge in [-0.3, -0.25) is 80.9 Å². The van der Waals surface area contributed by atoms with Crippen molar-refractivity contribution in [1.29, 1.82) is 0 Å². The van der Waals surface area contributed by atoms with E-state index < -0.39 is 108 Å². The van der Waals surface area contributed by atoms with E-state index in [2.05, 4.69) is 25.4 Å².